The molecule has 0 aliphatic rings. The van der Waals surface area contributed by atoms with E-state index in [2.05, 4.69) is 10.4 Å². The normalized spacial score (nSPS) is 11.0. The van der Waals surface area contributed by atoms with E-state index < -0.39 is 0 Å². The SMILES string of the molecule is COc1cc2ccccc2cc1C(=O)Nc1cccc(Cn2nc3ccccn3c2=O)c1. The minimum absolute atomic E-state index is 0.212. The van der Waals surface area contributed by atoms with Gasteiger partial charge in [0.1, 0.15) is 5.75 Å². The number of hydrogen-bond acceptors (Lipinski definition) is 4. The fourth-order valence-electron chi connectivity index (χ4n) is 3.76. The Bertz CT molecular complexity index is 1520. The van der Waals surface area contributed by atoms with Crippen LogP contribution in [0.2, 0.25) is 0 Å². The molecule has 1 amide bonds. The van der Waals surface area contributed by atoms with Gasteiger partial charge in [0.25, 0.3) is 5.91 Å². The molecule has 0 aliphatic carbocycles. The summed E-state index contributed by atoms with van der Waals surface area (Å²) in [7, 11) is 1.55. The molecule has 2 heterocycles. The minimum Gasteiger partial charge on any atom is -0.496 e. The third kappa shape index (κ3) is 3.60. The lowest BCUT2D eigenvalue weighted by molar-refractivity contribution is 0.102. The Morgan fingerprint density at radius 2 is 1.75 bits per heavy atom. The van der Waals surface area contributed by atoms with E-state index in [1.807, 2.05) is 60.7 Å². The molecule has 0 fully saturated rings. The van der Waals surface area contributed by atoms with E-state index in [9.17, 15) is 9.59 Å². The van der Waals surface area contributed by atoms with E-state index in [1.165, 1.54) is 9.08 Å². The van der Waals surface area contributed by atoms with Crippen LogP contribution in [0.5, 0.6) is 5.75 Å². The molecule has 7 nitrogen and oxygen atoms in total. The molecule has 0 atom stereocenters. The first-order chi connectivity index (χ1) is 15.6. The van der Waals surface area contributed by atoms with Gasteiger partial charge >= 0.3 is 5.69 Å². The second kappa shape index (κ2) is 8.03. The summed E-state index contributed by atoms with van der Waals surface area (Å²) in [4.78, 5) is 25.6. The van der Waals surface area contributed by atoms with Crippen molar-refractivity contribution < 1.29 is 9.53 Å². The van der Waals surface area contributed by atoms with Crippen LogP contribution in [0.25, 0.3) is 16.4 Å². The van der Waals surface area contributed by atoms with Crippen LogP contribution in [0.3, 0.4) is 0 Å². The Hall–Kier alpha value is -4.39. The number of nitrogens with zero attached hydrogens (tertiary/aromatic N) is 3. The molecule has 0 bridgehead atoms. The molecule has 2 aromatic heterocycles. The van der Waals surface area contributed by atoms with Gasteiger partial charge in [-0.25, -0.2) is 9.48 Å². The maximum atomic E-state index is 13.0. The monoisotopic (exact) mass is 424 g/mol. The largest absolute Gasteiger partial charge is 0.496 e. The summed E-state index contributed by atoms with van der Waals surface area (Å²) in [6.07, 6.45) is 1.69. The van der Waals surface area contributed by atoms with Crippen LogP contribution in [-0.2, 0) is 6.54 Å². The number of pyridine rings is 1. The van der Waals surface area contributed by atoms with Crippen molar-refractivity contribution >= 4 is 28.0 Å². The molecule has 0 spiro atoms. The van der Waals surface area contributed by atoms with Crippen molar-refractivity contribution in [1.29, 1.82) is 0 Å². The van der Waals surface area contributed by atoms with Crippen molar-refractivity contribution in [2.75, 3.05) is 12.4 Å². The van der Waals surface area contributed by atoms with Crippen LogP contribution in [0, 0.1) is 0 Å². The number of hydrogen-bond donors (Lipinski definition) is 1. The summed E-state index contributed by atoms with van der Waals surface area (Å²) in [6.45, 7) is 0.295. The summed E-state index contributed by atoms with van der Waals surface area (Å²) in [5.41, 5.74) is 2.30. The van der Waals surface area contributed by atoms with E-state index in [0.29, 0.717) is 29.2 Å². The highest BCUT2D eigenvalue weighted by atomic mass is 16.5. The molecule has 0 saturated heterocycles. The van der Waals surface area contributed by atoms with Crippen LogP contribution in [0.15, 0.2) is 89.9 Å². The number of amides is 1. The molecule has 0 saturated carbocycles. The number of anilines is 1. The summed E-state index contributed by atoms with van der Waals surface area (Å²) < 4.78 is 8.35. The van der Waals surface area contributed by atoms with Crippen molar-refractivity contribution in [3.63, 3.8) is 0 Å². The minimum atomic E-state index is -0.269. The van der Waals surface area contributed by atoms with Crippen LogP contribution >= 0.6 is 0 Å². The third-order valence-electron chi connectivity index (χ3n) is 5.32. The first-order valence-corrected chi connectivity index (χ1v) is 10.1. The van der Waals surface area contributed by atoms with Crippen molar-refractivity contribution in [1.82, 2.24) is 14.2 Å². The van der Waals surface area contributed by atoms with Crippen LogP contribution in [0.1, 0.15) is 15.9 Å². The van der Waals surface area contributed by atoms with E-state index in [0.717, 1.165) is 16.3 Å². The van der Waals surface area contributed by atoms with E-state index >= 15 is 0 Å². The van der Waals surface area contributed by atoms with Crippen molar-refractivity contribution in [3.05, 3.63) is 107 Å². The molecular formula is C25H20N4O3. The number of benzene rings is 3. The Morgan fingerprint density at radius 3 is 2.53 bits per heavy atom. The van der Waals surface area contributed by atoms with Gasteiger partial charge in [-0.2, -0.15) is 0 Å². The highest BCUT2D eigenvalue weighted by molar-refractivity contribution is 6.08. The van der Waals surface area contributed by atoms with Gasteiger partial charge in [-0.1, -0.05) is 42.5 Å². The molecule has 32 heavy (non-hydrogen) atoms. The highest BCUT2D eigenvalue weighted by Gasteiger charge is 2.14. The molecule has 158 valence electrons. The van der Waals surface area contributed by atoms with Gasteiger partial charge in [-0.15, -0.1) is 5.10 Å². The predicted molar refractivity (Wildman–Crippen MR) is 123 cm³/mol. The molecule has 3 aromatic carbocycles. The molecule has 1 N–H and O–H groups in total. The number of aromatic nitrogens is 3. The Morgan fingerprint density at radius 1 is 0.969 bits per heavy atom. The summed E-state index contributed by atoms with van der Waals surface area (Å²) in [5, 5.41) is 9.25. The maximum absolute atomic E-state index is 13.0. The van der Waals surface area contributed by atoms with Crippen molar-refractivity contribution in [3.8, 4) is 5.75 Å². The molecule has 0 unspecified atom stereocenters. The first kappa shape index (κ1) is 19.6. The van der Waals surface area contributed by atoms with Gasteiger partial charge < -0.3 is 10.1 Å². The Labute approximate surface area is 183 Å². The fourth-order valence-corrected chi connectivity index (χ4v) is 3.76. The lowest BCUT2D eigenvalue weighted by Gasteiger charge is -2.12. The Kier molecular flexibility index (Phi) is 4.91. The van der Waals surface area contributed by atoms with Gasteiger partial charge in [-0.05, 0) is 52.7 Å². The molecule has 7 heteroatoms. The summed E-state index contributed by atoms with van der Waals surface area (Å²) in [6, 6.07) is 24.3. The molecular weight excluding hydrogens is 404 g/mol. The number of rotatable bonds is 5. The molecule has 0 aliphatic heterocycles. The van der Waals surface area contributed by atoms with Gasteiger partial charge in [0.05, 0.1) is 19.2 Å². The first-order valence-electron chi connectivity index (χ1n) is 10.1. The number of carbonyl (C=O) groups excluding carboxylic acids is 1. The Balaban J connectivity index is 1.41. The second-order valence-corrected chi connectivity index (χ2v) is 7.42. The number of fused-ring (bicyclic) bond motifs is 2. The second-order valence-electron chi connectivity index (χ2n) is 7.42. The fraction of sp³-hybridized carbons (Fsp3) is 0.0800. The van der Waals surface area contributed by atoms with Crippen LogP contribution in [-0.4, -0.2) is 27.2 Å². The molecule has 0 radical (unpaired) electrons. The molecule has 5 aromatic rings. The average molecular weight is 424 g/mol. The number of methoxy groups -OCH3 is 1. The van der Waals surface area contributed by atoms with Crippen molar-refractivity contribution in [2.24, 2.45) is 0 Å². The zero-order valence-corrected chi connectivity index (χ0v) is 17.4. The predicted octanol–water partition coefficient (Wildman–Crippen LogP) is 3.96. The average Bonchev–Trinajstić information content (AvgIpc) is 3.13. The standard InChI is InChI=1S/C25H20N4O3/c1-32-22-15-19-9-3-2-8-18(19)14-21(22)24(30)26-20-10-6-7-17(13-20)16-29-25(31)28-12-5-4-11-23(28)27-29/h2-15H,16H2,1H3,(H,26,30). The number of nitrogens with one attached hydrogen (secondary N) is 1. The van der Waals surface area contributed by atoms with E-state index in [4.69, 9.17) is 4.74 Å². The van der Waals surface area contributed by atoms with Gasteiger partial charge in [-0.3, -0.25) is 9.20 Å². The zero-order valence-electron chi connectivity index (χ0n) is 17.4. The van der Waals surface area contributed by atoms with Gasteiger partial charge in [0, 0.05) is 11.9 Å². The van der Waals surface area contributed by atoms with Crippen molar-refractivity contribution in [2.45, 2.75) is 6.54 Å². The summed E-state index contributed by atoms with van der Waals surface area (Å²) in [5.74, 6) is 0.239. The topological polar surface area (TPSA) is 77.6 Å². The van der Waals surface area contributed by atoms with Gasteiger partial charge in [0.2, 0.25) is 0 Å². The number of ether oxygens (including phenoxy) is 1. The lowest BCUT2D eigenvalue weighted by Crippen LogP contribution is -2.21. The zero-order chi connectivity index (χ0) is 22.1. The molecule has 5 rings (SSSR count). The van der Waals surface area contributed by atoms with Crippen LogP contribution in [0.4, 0.5) is 5.69 Å². The third-order valence-corrected chi connectivity index (χ3v) is 5.32. The highest BCUT2D eigenvalue weighted by Crippen LogP contribution is 2.27. The maximum Gasteiger partial charge on any atom is 0.350 e. The van der Waals surface area contributed by atoms with E-state index in [-0.39, 0.29) is 11.6 Å². The quantitative estimate of drug-likeness (QED) is 0.463. The lowest BCUT2D eigenvalue weighted by atomic mass is 10.1. The summed E-state index contributed by atoms with van der Waals surface area (Å²) >= 11 is 0. The smallest absolute Gasteiger partial charge is 0.350 e. The van der Waals surface area contributed by atoms with E-state index in [1.54, 1.807) is 31.5 Å². The number of carbonyl (C=O) groups is 1. The van der Waals surface area contributed by atoms with Gasteiger partial charge in [0.15, 0.2) is 5.65 Å². The van der Waals surface area contributed by atoms with Crippen LogP contribution < -0.4 is 15.7 Å².